The van der Waals surface area contributed by atoms with Gasteiger partial charge in [0.1, 0.15) is 11.1 Å². The van der Waals surface area contributed by atoms with Crippen molar-refractivity contribution in [1.82, 2.24) is 4.90 Å². The summed E-state index contributed by atoms with van der Waals surface area (Å²) in [6, 6.07) is 3.53. The van der Waals surface area contributed by atoms with Crippen molar-refractivity contribution in [2.24, 2.45) is 11.3 Å². The number of amides is 1. The number of carbonyl (C=O) groups excluding carboxylic acids is 1. The summed E-state index contributed by atoms with van der Waals surface area (Å²) in [6.07, 6.45) is 15.9. The van der Waals surface area contributed by atoms with Crippen LogP contribution in [-0.2, 0) is 17.6 Å². The molecular formula is C27H41N3OS. The van der Waals surface area contributed by atoms with Gasteiger partial charge >= 0.3 is 0 Å². The van der Waals surface area contributed by atoms with Crippen LogP contribution in [0.5, 0.6) is 0 Å². The molecule has 32 heavy (non-hydrogen) atoms. The smallest absolute Gasteiger partial charge is 0.239 e. The van der Waals surface area contributed by atoms with E-state index in [1.54, 1.807) is 11.3 Å². The summed E-state index contributed by atoms with van der Waals surface area (Å²) in [6.45, 7) is 7.42. The lowest BCUT2D eigenvalue weighted by atomic mass is 9.72. The third kappa shape index (κ3) is 5.39. The number of anilines is 1. The van der Waals surface area contributed by atoms with Crippen molar-refractivity contribution in [3.8, 4) is 6.07 Å². The van der Waals surface area contributed by atoms with Gasteiger partial charge in [-0.05, 0) is 61.8 Å². The van der Waals surface area contributed by atoms with E-state index in [0.29, 0.717) is 24.5 Å². The maximum atomic E-state index is 13.3. The molecule has 4 rings (SSSR count). The first-order valence-electron chi connectivity index (χ1n) is 13.0. The summed E-state index contributed by atoms with van der Waals surface area (Å²) in [5, 5.41) is 13.9. The molecule has 5 heteroatoms. The number of carbonyl (C=O) groups is 1. The third-order valence-electron chi connectivity index (χ3n) is 8.27. The van der Waals surface area contributed by atoms with Crippen LogP contribution in [0, 0.1) is 22.7 Å². The molecule has 1 amide bonds. The molecule has 1 heterocycles. The Kier molecular flexibility index (Phi) is 7.62. The van der Waals surface area contributed by atoms with Crippen molar-refractivity contribution < 1.29 is 4.79 Å². The Balaban J connectivity index is 1.47. The molecule has 0 spiro atoms. The van der Waals surface area contributed by atoms with Gasteiger partial charge in [-0.2, -0.15) is 5.26 Å². The van der Waals surface area contributed by atoms with E-state index in [1.165, 1.54) is 74.6 Å². The fourth-order valence-corrected chi connectivity index (χ4v) is 7.54. The molecule has 2 saturated carbocycles. The van der Waals surface area contributed by atoms with E-state index in [9.17, 15) is 10.1 Å². The Morgan fingerprint density at radius 3 is 2.16 bits per heavy atom. The van der Waals surface area contributed by atoms with Crippen molar-refractivity contribution >= 4 is 22.2 Å². The lowest BCUT2D eigenvalue weighted by Crippen LogP contribution is -2.48. The topological polar surface area (TPSA) is 56.1 Å². The van der Waals surface area contributed by atoms with E-state index < -0.39 is 0 Å². The highest BCUT2D eigenvalue weighted by Crippen LogP contribution is 2.44. The predicted octanol–water partition coefficient (Wildman–Crippen LogP) is 6.68. The summed E-state index contributed by atoms with van der Waals surface area (Å²) in [5.74, 6) is 0.709. The number of hydrogen-bond donors (Lipinski definition) is 1. The summed E-state index contributed by atoms with van der Waals surface area (Å²) < 4.78 is 0. The van der Waals surface area contributed by atoms with Gasteiger partial charge in [-0.1, -0.05) is 59.3 Å². The van der Waals surface area contributed by atoms with Gasteiger partial charge in [0.05, 0.1) is 12.1 Å². The van der Waals surface area contributed by atoms with E-state index >= 15 is 0 Å². The van der Waals surface area contributed by atoms with Crippen molar-refractivity contribution in [2.45, 2.75) is 116 Å². The highest BCUT2D eigenvalue weighted by molar-refractivity contribution is 7.16. The van der Waals surface area contributed by atoms with E-state index in [1.807, 2.05) is 0 Å². The van der Waals surface area contributed by atoms with Crippen molar-refractivity contribution in [3.63, 3.8) is 0 Å². The van der Waals surface area contributed by atoms with Crippen LogP contribution in [0.3, 0.4) is 0 Å². The average molecular weight is 456 g/mol. The maximum absolute atomic E-state index is 13.3. The summed E-state index contributed by atoms with van der Waals surface area (Å²) >= 11 is 1.66. The second-order valence-electron chi connectivity index (χ2n) is 11.4. The van der Waals surface area contributed by atoms with Crippen LogP contribution >= 0.6 is 11.3 Å². The van der Waals surface area contributed by atoms with Gasteiger partial charge in [0.15, 0.2) is 0 Å². The van der Waals surface area contributed by atoms with Crippen LogP contribution in [-0.4, -0.2) is 29.4 Å². The van der Waals surface area contributed by atoms with Crippen LogP contribution in [0.2, 0.25) is 0 Å². The first-order valence-corrected chi connectivity index (χ1v) is 13.8. The normalized spacial score (nSPS) is 23.0. The van der Waals surface area contributed by atoms with Crippen LogP contribution in [0.25, 0.3) is 0 Å². The average Bonchev–Trinajstić information content (AvgIpc) is 3.14. The number of nitriles is 1. The predicted molar refractivity (Wildman–Crippen MR) is 133 cm³/mol. The highest BCUT2D eigenvalue weighted by atomic mass is 32.1. The molecule has 0 unspecified atom stereocenters. The van der Waals surface area contributed by atoms with Crippen LogP contribution < -0.4 is 5.32 Å². The minimum Gasteiger partial charge on any atom is -0.315 e. The molecule has 4 nitrogen and oxygen atoms in total. The molecule has 0 aliphatic heterocycles. The lowest BCUT2D eigenvalue weighted by Gasteiger charge is -2.41. The Labute approximate surface area is 198 Å². The number of nitrogens with one attached hydrogen (secondary N) is 1. The largest absolute Gasteiger partial charge is 0.315 e. The number of hydrogen-bond acceptors (Lipinski definition) is 4. The van der Waals surface area contributed by atoms with Crippen molar-refractivity contribution in [2.75, 3.05) is 11.9 Å². The second-order valence-corrected chi connectivity index (χ2v) is 12.5. The second kappa shape index (κ2) is 10.3. The maximum Gasteiger partial charge on any atom is 0.239 e. The molecule has 0 bridgehead atoms. The van der Waals surface area contributed by atoms with E-state index in [0.717, 1.165) is 29.8 Å². The first-order chi connectivity index (χ1) is 15.4. The molecule has 0 saturated heterocycles. The zero-order valence-electron chi connectivity index (χ0n) is 20.3. The number of nitrogens with zero attached hydrogens (tertiary/aromatic N) is 2. The van der Waals surface area contributed by atoms with Gasteiger partial charge in [-0.3, -0.25) is 9.69 Å². The quantitative estimate of drug-likeness (QED) is 0.539. The SMILES string of the molecule is CC(C)(C)[C@@H]1CCc2c(sc(NC(=O)CN(C3CCCCC3)C3CCCCC3)c2C#N)C1. The summed E-state index contributed by atoms with van der Waals surface area (Å²) in [4.78, 5) is 17.1. The summed E-state index contributed by atoms with van der Waals surface area (Å²) in [5.41, 5.74) is 2.20. The molecule has 1 aromatic rings. The van der Waals surface area contributed by atoms with Gasteiger partial charge in [0.25, 0.3) is 0 Å². The van der Waals surface area contributed by atoms with Gasteiger partial charge in [0, 0.05) is 17.0 Å². The first kappa shape index (κ1) is 23.8. The van der Waals surface area contributed by atoms with E-state index in [-0.39, 0.29) is 11.3 Å². The van der Waals surface area contributed by atoms with Gasteiger partial charge < -0.3 is 5.32 Å². The fraction of sp³-hybridized carbons (Fsp3) is 0.778. The molecule has 1 N–H and O–H groups in total. The minimum absolute atomic E-state index is 0.0728. The van der Waals surface area contributed by atoms with Crippen LogP contribution in [0.1, 0.15) is 107 Å². The fourth-order valence-electron chi connectivity index (χ4n) is 6.25. The molecule has 0 radical (unpaired) electrons. The van der Waals surface area contributed by atoms with Crippen molar-refractivity contribution in [1.29, 1.82) is 5.26 Å². The Morgan fingerprint density at radius 2 is 1.62 bits per heavy atom. The number of rotatable bonds is 5. The van der Waals surface area contributed by atoms with Crippen molar-refractivity contribution in [3.05, 3.63) is 16.0 Å². The molecule has 3 aliphatic rings. The number of thiophene rings is 1. The Hall–Kier alpha value is -1.38. The Bertz CT molecular complexity index is 816. The number of fused-ring (bicyclic) bond motifs is 1. The molecule has 1 aromatic heterocycles. The van der Waals surface area contributed by atoms with Crippen LogP contribution in [0.15, 0.2) is 0 Å². The molecular weight excluding hydrogens is 414 g/mol. The molecule has 0 aromatic carbocycles. The van der Waals surface area contributed by atoms with E-state index in [4.69, 9.17) is 0 Å². The zero-order valence-corrected chi connectivity index (χ0v) is 21.2. The molecule has 176 valence electrons. The highest BCUT2D eigenvalue weighted by Gasteiger charge is 2.33. The lowest BCUT2D eigenvalue weighted by molar-refractivity contribution is -0.119. The van der Waals surface area contributed by atoms with Gasteiger partial charge in [0.2, 0.25) is 5.91 Å². The van der Waals surface area contributed by atoms with Crippen LogP contribution in [0.4, 0.5) is 5.00 Å². The summed E-state index contributed by atoms with van der Waals surface area (Å²) in [7, 11) is 0. The molecule has 1 atom stereocenters. The van der Waals surface area contributed by atoms with Gasteiger partial charge in [-0.15, -0.1) is 11.3 Å². The molecule has 2 fully saturated rings. The zero-order chi connectivity index (χ0) is 22.7. The minimum atomic E-state index is 0.0728. The Morgan fingerprint density at radius 1 is 1.03 bits per heavy atom. The standard InChI is InChI=1S/C27H41N3OS/c1-27(2,3)19-14-15-22-23(17-28)26(32-24(22)16-19)29-25(31)18-30(20-10-6-4-7-11-20)21-12-8-5-9-13-21/h19-21H,4-16,18H2,1-3H3,(H,29,31)/t19-/m1/s1. The van der Waals surface area contributed by atoms with E-state index in [2.05, 4.69) is 37.1 Å². The monoisotopic (exact) mass is 455 g/mol. The molecule has 3 aliphatic carbocycles. The third-order valence-corrected chi connectivity index (χ3v) is 9.44. The van der Waals surface area contributed by atoms with Gasteiger partial charge in [-0.25, -0.2) is 0 Å².